The number of hydrogen-bond donors (Lipinski definition) is 1. The molecule has 1 aliphatic heterocycles. The quantitative estimate of drug-likeness (QED) is 0.815. The summed E-state index contributed by atoms with van der Waals surface area (Å²) in [7, 11) is 0. The third kappa shape index (κ3) is 4.74. The topological polar surface area (TPSA) is 41.9 Å². The predicted molar refractivity (Wildman–Crippen MR) is 69.4 cm³/mol. The minimum absolute atomic E-state index is 0.381. The third-order valence-corrected chi connectivity index (χ3v) is 2.99. The Morgan fingerprint density at radius 3 is 2.67 bits per heavy atom. The fourth-order valence-corrected chi connectivity index (χ4v) is 2.02. The van der Waals surface area contributed by atoms with Gasteiger partial charge in [0, 0.05) is 19.6 Å². The van der Waals surface area contributed by atoms with Gasteiger partial charge in [-0.1, -0.05) is 30.3 Å². The molecule has 0 bridgehead atoms. The second-order valence-electron chi connectivity index (χ2n) is 4.57. The maximum atomic E-state index is 9.87. The van der Waals surface area contributed by atoms with Crippen molar-refractivity contribution < 1.29 is 14.6 Å². The number of ether oxygens (including phenoxy) is 2. The van der Waals surface area contributed by atoms with Crippen molar-refractivity contribution >= 4 is 0 Å². The van der Waals surface area contributed by atoms with E-state index in [1.807, 2.05) is 30.3 Å². The van der Waals surface area contributed by atoms with Crippen molar-refractivity contribution in [2.24, 2.45) is 0 Å². The lowest BCUT2D eigenvalue weighted by Gasteiger charge is -2.28. The van der Waals surface area contributed by atoms with Crippen molar-refractivity contribution in [2.75, 3.05) is 39.5 Å². The van der Waals surface area contributed by atoms with Gasteiger partial charge in [-0.2, -0.15) is 0 Å². The number of rotatable bonds is 6. The molecule has 0 radical (unpaired) electrons. The maximum Gasteiger partial charge on any atom is 0.0900 e. The first kappa shape index (κ1) is 13.5. The summed E-state index contributed by atoms with van der Waals surface area (Å²) in [6, 6.07) is 10.0. The minimum atomic E-state index is -0.424. The number of benzene rings is 1. The number of aliphatic hydroxyl groups excluding tert-OH is 1. The first-order chi connectivity index (χ1) is 8.84. The van der Waals surface area contributed by atoms with Crippen LogP contribution in [0, 0.1) is 0 Å². The highest BCUT2D eigenvalue weighted by Crippen LogP contribution is 2.03. The van der Waals surface area contributed by atoms with Gasteiger partial charge in [0.25, 0.3) is 0 Å². The van der Waals surface area contributed by atoms with E-state index in [1.165, 1.54) is 0 Å². The SMILES string of the molecule is O[C@@H](COCc1ccccc1)CN1CCOCC1. The van der Waals surface area contributed by atoms with Crippen molar-refractivity contribution in [1.82, 2.24) is 4.90 Å². The van der Waals surface area contributed by atoms with Gasteiger partial charge in [-0.3, -0.25) is 4.90 Å². The van der Waals surface area contributed by atoms with Crippen LogP contribution >= 0.6 is 0 Å². The van der Waals surface area contributed by atoms with Gasteiger partial charge >= 0.3 is 0 Å². The monoisotopic (exact) mass is 251 g/mol. The van der Waals surface area contributed by atoms with Crippen LogP contribution in [-0.2, 0) is 16.1 Å². The van der Waals surface area contributed by atoms with Crippen LogP contribution in [0.1, 0.15) is 5.56 Å². The van der Waals surface area contributed by atoms with Crippen LogP contribution in [0.15, 0.2) is 30.3 Å². The predicted octanol–water partition coefficient (Wildman–Crippen LogP) is 0.896. The summed E-state index contributed by atoms with van der Waals surface area (Å²) in [6.45, 7) is 4.92. The fraction of sp³-hybridized carbons (Fsp3) is 0.571. The van der Waals surface area contributed by atoms with Gasteiger partial charge in [-0.25, -0.2) is 0 Å². The van der Waals surface area contributed by atoms with Crippen LogP contribution in [0.3, 0.4) is 0 Å². The molecule has 0 unspecified atom stereocenters. The summed E-state index contributed by atoms with van der Waals surface area (Å²) in [5.41, 5.74) is 1.14. The molecule has 0 amide bonds. The fourth-order valence-electron chi connectivity index (χ4n) is 2.02. The summed E-state index contributed by atoms with van der Waals surface area (Å²) in [5.74, 6) is 0. The van der Waals surface area contributed by atoms with Gasteiger partial charge in [-0.05, 0) is 5.56 Å². The summed E-state index contributed by atoms with van der Waals surface area (Å²) < 4.78 is 10.8. The van der Waals surface area contributed by atoms with Gasteiger partial charge < -0.3 is 14.6 Å². The van der Waals surface area contributed by atoms with Crippen LogP contribution < -0.4 is 0 Å². The van der Waals surface area contributed by atoms with E-state index in [-0.39, 0.29) is 0 Å². The molecule has 0 aromatic heterocycles. The van der Waals surface area contributed by atoms with E-state index in [9.17, 15) is 5.11 Å². The molecule has 100 valence electrons. The van der Waals surface area contributed by atoms with Gasteiger partial charge in [0.2, 0.25) is 0 Å². The van der Waals surface area contributed by atoms with Crippen molar-refractivity contribution in [3.63, 3.8) is 0 Å². The van der Waals surface area contributed by atoms with Crippen LogP contribution in [-0.4, -0.2) is 55.6 Å². The Morgan fingerprint density at radius 1 is 1.22 bits per heavy atom. The summed E-state index contributed by atoms with van der Waals surface area (Å²) in [5, 5.41) is 9.87. The molecule has 0 aliphatic carbocycles. The Hall–Kier alpha value is -0.940. The molecule has 1 saturated heterocycles. The normalized spacial score (nSPS) is 18.7. The van der Waals surface area contributed by atoms with Crippen LogP contribution in [0.5, 0.6) is 0 Å². The van der Waals surface area contributed by atoms with E-state index in [1.54, 1.807) is 0 Å². The average Bonchev–Trinajstić information content (AvgIpc) is 2.41. The largest absolute Gasteiger partial charge is 0.389 e. The van der Waals surface area contributed by atoms with E-state index in [0.29, 0.717) is 19.8 Å². The first-order valence-electron chi connectivity index (χ1n) is 6.44. The molecule has 4 nitrogen and oxygen atoms in total. The highest BCUT2D eigenvalue weighted by Gasteiger charge is 2.14. The lowest BCUT2D eigenvalue weighted by atomic mass is 10.2. The molecule has 0 spiro atoms. The molecule has 1 N–H and O–H groups in total. The van der Waals surface area contributed by atoms with Gasteiger partial charge in [-0.15, -0.1) is 0 Å². The van der Waals surface area contributed by atoms with Gasteiger partial charge in [0.15, 0.2) is 0 Å². The third-order valence-electron chi connectivity index (χ3n) is 2.99. The Morgan fingerprint density at radius 2 is 1.94 bits per heavy atom. The number of hydrogen-bond acceptors (Lipinski definition) is 4. The van der Waals surface area contributed by atoms with Crippen LogP contribution in [0.25, 0.3) is 0 Å². The molecular formula is C14H21NO3. The molecule has 1 aliphatic rings. The van der Waals surface area contributed by atoms with Crippen molar-refractivity contribution in [3.05, 3.63) is 35.9 Å². The Labute approximate surface area is 108 Å². The van der Waals surface area contributed by atoms with Crippen LogP contribution in [0.4, 0.5) is 0 Å². The molecular weight excluding hydrogens is 230 g/mol. The van der Waals surface area contributed by atoms with E-state index in [0.717, 1.165) is 31.9 Å². The summed E-state index contributed by atoms with van der Waals surface area (Å²) >= 11 is 0. The van der Waals surface area contributed by atoms with Crippen molar-refractivity contribution in [2.45, 2.75) is 12.7 Å². The zero-order chi connectivity index (χ0) is 12.6. The molecule has 1 aromatic carbocycles. The van der Waals surface area contributed by atoms with Crippen molar-refractivity contribution in [3.8, 4) is 0 Å². The van der Waals surface area contributed by atoms with E-state index >= 15 is 0 Å². The summed E-state index contributed by atoms with van der Waals surface area (Å²) in [6.07, 6.45) is -0.424. The second-order valence-corrected chi connectivity index (χ2v) is 4.57. The molecule has 4 heteroatoms. The number of nitrogens with zero attached hydrogens (tertiary/aromatic N) is 1. The van der Waals surface area contributed by atoms with Crippen LogP contribution in [0.2, 0.25) is 0 Å². The Bertz CT molecular complexity index is 325. The zero-order valence-electron chi connectivity index (χ0n) is 10.6. The highest BCUT2D eigenvalue weighted by molar-refractivity contribution is 5.13. The van der Waals surface area contributed by atoms with Crippen molar-refractivity contribution in [1.29, 1.82) is 0 Å². The molecule has 0 saturated carbocycles. The maximum absolute atomic E-state index is 9.87. The molecule has 1 atom stereocenters. The van der Waals surface area contributed by atoms with E-state index < -0.39 is 6.10 Å². The van der Waals surface area contributed by atoms with E-state index in [2.05, 4.69) is 4.90 Å². The number of β-amino-alcohol motifs (C(OH)–C–C–N with tert-alkyl or cyclic N) is 1. The molecule has 1 heterocycles. The lowest BCUT2D eigenvalue weighted by Crippen LogP contribution is -2.42. The first-order valence-corrected chi connectivity index (χ1v) is 6.44. The van der Waals surface area contributed by atoms with Gasteiger partial charge in [0.05, 0.1) is 32.5 Å². The Balaban J connectivity index is 1.61. The van der Waals surface area contributed by atoms with E-state index in [4.69, 9.17) is 9.47 Å². The lowest BCUT2D eigenvalue weighted by molar-refractivity contribution is -0.0175. The number of morpholine rings is 1. The number of aliphatic hydroxyl groups is 1. The standard InChI is InChI=1S/C14H21NO3/c16-14(10-15-6-8-17-9-7-15)12-18-11-13-4-2-1-3-5-13/h1-5,14,16H,6-12H2/t14-/m1/s1. The smallest absolute Gasteiger partial charge is 0.0900 e. The van der Waals surface area contributed by atoms with Gasteiger partial charge in [0.1, 0.15) is 0 Å². The Kier molecular flexibility index (Phi) is 5.61. The molecule has 1 aromatic rings. The minimum Gasteiger partial charge on any atom is -0.389 e. The summed E-state index contributed by atoms with van der Waals surface area (Å²) in [4.78, 5) is 2.21. The molecule has 2 rings (SSSR count). The highest BCUT2D eigenvalue weighted by atomic mass is 16.5. The molecule has 18 heavy (non-hydrogen) atoms. The average molecular weight is 251 g/mol. The second kappa shape index (κ2) is 7.48. The molecule has 1 fully saturated rings. The zero-order valence-corrected chi connectivity index (χ0v) is 10.6.